The summed E-state index contributed by atoms with van der Waals surface area (Å²) in [5, 5.41) is 8.91. The summed E-state index contributed by atoms with van der Waals surface area (Å²) in [6, 6.07) is 4.84. The van der Waals surface area contributed by atoms with Gasteiger partial charge in [0.15, 0.2) is 0 Å². The first-order valence-electron chi connectivity index (χ1n) is 5.78. The molecule has 4 nitrogen and oxygen atoms in total. The molecule has 96 valence electrons. The molecule has 1 aliphatic heterocycles. The van der Waals surface area contributed by atoms with Gasteiger partial charge in [-0.1, -0.05) is 0 Å². The lowest BCUT2D eigenvalue weighted by molar-refractivity contribution is -0.117. The minimum atomic E-state index is -0.953. The third-order valence-corrected chi connectivity index (χ3v) is 3.71. The lowest BCUT2D eigenvalue weighted by Crippen LogP contribution is -2.25. The molecular weight excluding hydrogens is 250 g/mol. The average Bonchev–Trinajstić information content (AvgIpc) is 2.70. The minimum absolute atomic E-state index is 0.0835. The Bertz CT molecular complexity index is 501. The van der Waals surface area contributed by atoms with Gasteiger partial charge >= 0.3 is 5.97 Å². The summed E-state index contributed by atoms with van der Waals surface area (Å²) in [6.07, 6.45) is 0.517. The van der Waals surface area contributed by atoms with Gasteiger partial charge in [-0.2, -0.15) is 12.6 Å². The molecule has 0 saturated carbocycles. The summed E-state index contributed by atoms with van der Waals surface area (Å²) in [4.78, 5) is 24.5. The zero-order valence-electron chi connectivity index (χ0n) is 10.1. The highest BCUT2D eigenvalue weighted by atomic mass is 32.1. The van der Waals surface area contributed by atoms with Gasteiger partial charge in [-0.25, -0.2) is 4.79 Å². The highest BCUT2D eigenvalue weighted by Crippen LogP contribution is 2.28. The smallest absolute Gasteiger partial charge is 0.335 e. The molecule has 18 heavy (non-hydrogen) atoms. The van der Waals surface area contributed by atoms with E-state index in [9.17, 15) is 9.59 Å². The number of carbonyl (C=O) groups excluding carboxylic acids is 1. The van der Waals surface area contributed by atoms with Crippen LogP contribution in [0.3, 0.4) is 0 Å². The van der Waals surface area contributed by atoms with E-state index in [2.05, 4.69) is 12.6 Å². The van der Waals surface area contributed by atoms with Crippen molar-refractivity contribution in [2.45, 2.75) is 13.3 Å². The SMILES string of the molecule is Cc1cc(C(=O)O)ccc1N1CC(CS)CC1=O. The average molecular weight is 265 g/mol. The maximum atomic E-state index is 11.9. The summed E-state index contributed by atoms with van der Waals surface area (Å²) >= 11 is 4.22. The number of hydrogen-bond acceptors (Lipinski definition) is 3. The Balaban J connectivity index is 2.29. The second-order valence-corrected chi connectivity index (χ2v) is 4.93. The molecule has 0 aromatic heterocycles. The molecule has 0 spiro atoms. The van der Waals surface area contributed by atoms with Gasteiger partial charge in [-0.05, 0) is 42.4 Å². The molecule has 1 atom stereocenters. The van der Waals surface area contributed by atoms with Crippen LogP contribution in [0.1, 0.15) is 22.3 Å². The fraction of sp³-hybridized carbons (Fsp3) is 0.385. The highest BCUT2D eigenvalue weighted by Gasteiger charge is 2.30. The molecule has 0 radical (unpaired) electrons. The summed E-state index contributed by atoms with van der Waals surface area (Å²) in [5.74, 6) is 0.0966. The van der Waals surface area contributed by atoms with Crippen molar-refractivity contribution < 1.29 is 14.7 Å². The van der Waals surface area contributed by atoms with Crippen LogP contribution in [0.4, 0.5) is 5.69 Å². The monoisotopic (exact) mass is 265 g/mol. The van der Waals surface area contributed by atoms with Gasteiger partial charge in [-0.3, -0.25) is 4.79 Å². The van der Waals surface area contributed by atoms with Crippen molar-refractivity contribution in [1.29, 1.82) is 0 Å². The Kier molecular flexibility index (Phi) is 3.61. The summed E-state index contributed by atoms with van der Waals surface area (Å²) in [5.41, 5.74) is 1.85. The van der Waals surface area contributed by atoms with Crippen LogP contribution in [0.5, 0.6) is 0 Å². The van der Waals surface area contributed by atoms with E-state index in [4.69, 9.17) is 5.11 Å². The highest BCUT2D eigenvalue weighted by molar-refractivity contribution is 7.80. The molecule has 1 fully saturated rings. The number of anilines is 1. The Hall–Kier alpha value is -1.49. The Morgan fingerprint density at radius 2 is 2.28 bits per heavy atom. The van der Waals surface area contributed by atoms with Crippen LogP contribution in [0.15, 0.2) is 18.2 Å². The van der Waals surface area contributed by atoms with E-state index in [0.29, 0.717) is 18.7 Å². The predicted octanol–water partition coefficient (Wildman–Crippen LogP) is 1.98. The van der Waals surface area contributed by atoms with Crippen molar-refractivity contribution in [2.24, 2.45) is 5.92 Å². The molecule has 1 N–H and O–H groups in total. The Labute approximate surface area is 111 Å². The minimum Gasteiger partial charge on any atom is -0.478 e. The van der Waals surface area contributed by atoms with Crippen LogP contribution < -0.4 is 4.90 Å². The van der Waals surface area contributed by atoms with E-state index >= 15 is 0 Å². The van der Waals surface area contributed by atoms with Gasteiger partial charge < -0.3 is 10.0 Å². The van der Waals surface area contributed by atoms with E-state index in [1.807, 2.05) is 6.92 Å². The van der Waals surface area contributed by atoms with Crippen LogP contribution in [0, 0.1) is 12.8 Å². The maximum Gasteiger partial charge on any atom is 0.335 e. The zero-order valence-corrected chi connectivity index (χ0v) is 11.0. The molecule has 1 aromatic carbocycles. The molecular formula is C13H15NO3S. The number of hydrogen-bond donors (Lipinski definition) is 2. The molecule has 2 rings (SSSR count). The molecule has 5 heteroatoms. The van der Waals surface area contributed by atoms with Crippen LogP contribution in [0.2, 0.25) is 0 Å². The number of aromatic carboxylic acids is 1. The van der Waals surface area contributed by atoms with Crippen LogP contribution in [-0.4, -0.2) is 29.3 Å². The van der Waals surface area contributed by atoms with E-state index in [1.54, 1.807) is 17.0 Å². The number of benzene rings is 1. The fourth-order valence-electron chi connectivity index (χ4n) is 2.23. The predicted molar refractivity (Wildman–Crippen MR) is 72.5 cm³/mol. The number of amides is 1. The lowest BCUT2D eigenvalue weighted by Gasteiger charge is -2.19. The summed E-state index contributed by atoms with van der Waals surface area (Å²) in [6.45, 7) is 2.48. The summed E-state index contributed by atoms with van der Waals surface area (Å²) < 4.78 is 0. The van der Waals surface area contributed by atoms with Crippen LogP contribution >= 0.6 is 12.6 Å². The summed E-state index contributed by atoms with van der Waals surface area (Å²) in [7, 11) is 0. The molecule has 1 saturated heterocycles. The first kappa shape index (κ1) is 13.0. The van der Waals surface area contributed by atoms with Gasteiger partial charge in [0.25, 0.3) is 0 Å². The molecule has 0 bridgehead atoms. The van der Waals surface area contributed by atoms with Gasteiger partial charge in [-0.15, -0.1) is 0 Å². The normalized spacial score (nSPS) is 19.3. The third-order valence-electron chi connectivity index (χ3n) is 3.20. The lowest BCUT2D eigenvalue weighted by atomic mass is 10.1. The molecule has 1 unspecified atom stereocenters. The van der Waals surface area contributed by atoms with Crippen LogP contribution in [-0.2, 0) is 4.79 Å². The van der Waals surface area contributed by atoms with Crippen molar-refractivity contribution in [2.75, 3.05) is 17.2 Å². The number of carbonyl (C=O) groups is 2. The van der Waals surface area contributed by atoms with E-state index in [-0.39, 0.29) is 17.4 Å². The number of nitrogens with zero attached hydrogens (tertiary/aromatic N) is 1. The largest absolute Gasteiger partial charge is 0.478 e. The van der Waals surface area contributed by atoms with Crippen molar-refractivity contribution in [1.82, 2.24) is 0 Å². The van der Waals surface area contributed by atoms with Crippen LogP contribution in [0.25, 0.3) is 0 Å². The number of thiol groups is 1. The van der Waals surface area contributed by atoms with Gasteiger partial charge in [0.05, 0.1) is 5.56 Å². The second-order valence-electron chi connectivity index (χ2n) is 4.56. The Morgan fingerprint density at radius 1 is 1.56 bits per heavy atom. The van der Waals surface area contributed by atoms with Crippen molar-refractivity contribution in [3.8, 4) is 0 Å². The number of rotatable bonds is 3. The molecule has 1 amide bonds. The third kappa shape index (κ3) is 2.36. The maximum absolute atomic E-state index is 11.9. The number of aryl methyl sites for hydroxylation is 1. The quantitative estimate of drug-likeness (QED) is 0.822. The molecule has 1 heterocycles. The first-order chi connectivity index (χ1) is 8.52. The fourth-order valence-corrected chi connectivity index (χ4v) is 2.47. The van der Waals surface area contributed by atoms with Crippen molar-refractivity contribution in [3.05, 3.63) is 29.3 Å². The Morgan fingerprint density at radius 3 is 2.78 bits per heavy atom. The van der Waals surface area contributed by atoms with Gasteiger partial charge in [0.2, 0.25) is 5.91 Å². The number of carboxylic acid groups (broad SMARTS) is 1. The number of carboxylic acids is 1. The van der Waals surface area contributed by atoms with Crippen molar-refractivity contribution >= 4 is 30.2 Å². The van der Waals surface area contributed by atoms with Crippen molar-refractivity contribution in [3.63, 3.8) is 0 Å². The van der Waals surface area contributed by atoms with Gasteiger partial charge in [0, 0.05) is 18.7 Å². The molecule has 1 aliphatic rings. The molecule has 1 aromatic rings. The topological polar surface area (TPSA) is 57.6 Å². The standard InChI is InChI=1S/C13H15NO3S/c1-8-4-10(13(16)17)2-3-11(8)14-6-9(7-18)5-12(14)15/h2-4,9,18H,5-7H2,1H3,(H,16,17). The van der Waals surface area contributed by atoms with Gasteiger partial charge in [0.1, 0.15) is 0 Å². The second kappa shape index (κ2) is 5.02. The van der Waals surface area contributed by atoms with E-state index < -0.39 is 5.97 Å². The molecule has 0 aliphatic carbocycles. The zero-order chi connectivity index (χ0) is 13.3. The van der Waals surface area contributed by atoms with E-state index in [1.165, 1.54) is 6.07 Å². The van der Waals surface area contributed by atoms with E-state index in [0.717, 1.165) is 11.3 Å². The first-order valence-corrected chi connectivity index (χ1v) is 6.41.